The number of Topliss-reactive ketones (excluding diaryl/α,β-unsaturated/α-hetero) is 1. The molecular formula is C23H17N3O3S. The van der Waals surface area contributed by atoms with Crippen LogP contribution in [0.15, 0.2) is 89.0 Å². The van der Waals surface area contributed by atoms with E-state index in [0.717, 1.165) is 11.2 Å². The number of aromatic nitrogens is 2. The van der Waals surface area contributed by atoms with Crippen LogP contribution in [0.5, 0.6) is 0 Å². The summed E-state index contributed by atoms with van der Waals surface area (Å²) < 4.78 is 27.3. The highest BCUT2D eigenvalue weighted by molar-refractivity contribution is 7.91. The number of nitriles is 1. The molecule has 2 aromatic heterocycles. The Morgan fingerprint density at radius 1 is 0.967 bits per heavy atom. The lowest BCUT2D eigenvalue weighted by Gasteiger charge is -2.07. The van der Waals surface area contributed by atoms with Gasteiger partial charge in [-0.1, -0.05) is 12.1 Å². The average molecular weight is 415 g/mol. The van der Waals surface area contributed by atoms with E-state index in [2.05, 4.69) is 4.98 Å². The number of hydrogen-bond acceptors (Lipinski definition) is 5. The van der Waals surface area contributed by atoms with E-state index in [9.17, 15) is 13.2 Å². The van der Waals surface area contributed by atoms with E-state index in [1.807, 2.05) is 6.07 Å². The summed E-state index contributed by atoms with van der Waals surface area (Å²) in [5.41, 5.74) is 2.68. The first-order valence-corrected chi connectivity index (χ1v) is 10.8. The molecule has 2 aromatic carbocycles. The van der Waals surface area contributed by atoms with Crippen LogP contribution < -0.4 is 0 Å². The number of carbonyl (C=O) groups is 1. The van der Waals surface area contributed by atoms with Crippen molar-refractivity contribution < 1.29 is 13.2 Å². The van der Waals surface area contributed by atoms with Gasteiger partial charge in [0.1, 0.15) is 5.65 Å². The minimum absolute atomic E-state index is 0.0138. The van der Waals surface area contributed by atoms with E-state index in [-0.39, 0.29) is 15.6 Å². The van der Waals surface area contributed by atoms with E-state index in [0.29, 0.717) is 24.0 Å². The zero-order valence-electron chi connectivity index (χ0n) is 15.9. The fourth-order valence-electron chi connectivity index (χ4n) is 3.17. The number of pyridine rings is 1. The Balaban J connectivity index is 1.45. The molecule has 6 nitrogen and oxygen atoms in total. The van der Waals surface area contributed by atoms with Gasteiger partial charge in [-0.25, -0.2) is 13.4 Å². The predicted octanol–water partition coefficient (Wildman–Crippen LogP) is 3.85. The normalized spacial score (nSPS) is 11.3. The number of ketones is 1. The van der Waals surface area contributed by atoms with Crippen LogP contribution in [-0.2, 0) is 16.3 Å². The molecule has 0 saturated carbocycles. The average Bonchev–Trinajstić information content (AvgIpc) is 3.25. The van der Waals surface area contributed by atoms with Crippen LogP contribution in [0.3, 0.4) is 0 Å². The summed E-state index contributed by atoms with van der Waals surface area (Å²) in [6.45, 7) is 0. The fourth-order valence-corrected chi connectivity index (χ4v) is 4.43. The lowest BCUT2D eigenvalue weighted by Crippen LogP contribution is -2.04. The van der Waals surface area contributed by atoms with Crippen molar-refractivity contribution in [3.63, 3.8) is 0 Å². The molecule has 0 amide bonds. The Kier molecular flexibility index (Phi) is 5.17. The van der Waals surface area contributed by atoms with Crippen LogP contribution in [0.2, 0.25) is 0 Å². The predicted molar refractivity (Wildman–Crippen MR) is 111 cm³/mol. The Hall–Kier alpha value is -3.76. The molecule has 0 N–H and O–H groups in total. The third-order valence-electron chi connectivity index (χ3n) is 4.88. The highest BCUT2D eigenvalue weighted by Gasteiger charge is 2.17. The highest BCUT2D eigenvalue weighted by Crippen LogP contribution is 2.22. The summed E-state index contributed by atoms with van der Waals surface area (Å²) in [4.78, 5) is 17.0. The van der Waals surface area contributed by atoms with Gasteiger partial charge >= 0.3 is 0 Å². The molecule has 4 rings (SSSR count). The molecule has 0 spiro atoms. The van der Waals surface area contributed by atoms with Crippen molar-refractivity contribution in [1.82, 2.24) is 9.38 Å². The summed E-state index contributed by atoms with van der Waals surface area (Å²) in [6, 6.07) is 17.9. The van der Waals surface area contributed by atoms with Crippen molar-refractivity contribution in [2.75, 3.05) is 0 Å². The topological polar surface area (TPSA) is 92.3 Å². The molecule has 4 aromatic rings. The fraction of sp³-hybridized carbons (Fsp3) is 0.0870. The molecule has 2 heterocycles. The molecule has 0 aliphatic carbocycles. The van der Waals surface area contributed by atoms with Crippen LogP contribution in [0.1, 0.15) is 27.9 Å². The number of rotatable bonds is 6. The van der Waals surface area contributed by atoms with Gasteiger partial charge in [0.05, 0.1) is 21.4 Å². The van der Waals surface area contributed by atoms with Gasteiger partial charge in [0.15, 0.2) is 5.78 Å². The molecule has 0 atom stereocenters. The van der Waals surface area contributed by atoms with Gasteiger partial charge in [0.25, 0.3) is 0 Å². The third kappa shape index (κ3) is 3.86. The second-order valence-electron chi connectivity index (χ2n) is 6.82. The van der Waals surface area contributed by atoms with E-state index < -0.39 is 9.84 Å². The first-order chi connectivity index (χ1) is 14.5. The molecule has 0 saturated heterocycles. The van der Waals surface area contributed by atoms with Crippen LogP contribution in [-0.4, -0.2) is 23.6 Å². The van der Waals surface area contributed by atoms with Gasteiger partial charge in [-0.05, 0) is 60.5 Å². The summed E-state index contributed by atoms with van der Waals surface area (Å²) in [5, 5.41) is 8.85. The quantitative estimate of drug-likeness (QED) is 0.446. The SMILES string of the molecule is N#Cc1ccc(S(=O)(=O)c2ccc(CCC(=O)c3ccc4nccn4c3)cc2)cc1. The van der Waals surface area contributed by atoms with Crippen LogP contribution in [0, 0.1) is 11.3 Å². The van der Waals surface area contributed by atoms with Gasteiger partial charge in [0.2, 0.25) is 9.84 Å². The maximum Gasteiger partial charge on any atom is 0.206 e. The first-order valence-electron chi connectivity index (χ1n) is 9.27. The number of sulfone groups is 1. The first kappa shape index (κ1) is 19.6. The number of aryl methyl sites for hydroxylation is 1. The minimum atomic E-state index is -3.66. The molecule has 30 heavy (non-hydrogen) atoms. The Morgan fingerprint density at radius 2 is 1.63 bits per heavy atom. The monoisotopic (exact) mass is 415 g/mol. The zero-order chi connectivity index (χ0) is 21.1. The standard InChI is InChI=1S/C23H17N3O3S/c24-15-18-3-9-21(10-4-18)30(28,29)20-7-1-17(2-8-20)5-11-22(27)19-6-12-23-25-13-14-26(23)16-19/h1-4,6-10,12-14,16H,5,11H2. The number of fused-ring (bicyclic) bond motifs is 1. The number of nitrogens with zero attached hydrogens (tertiary/aromatic N) is 3. The van der Waals surface area contributed by atoms with E-state index in [4.69, 9.17) is 5.26 Å². The smallest absolute Gasteiger partial charge is 0.206 e. The second kappa shape index (κ2) is 7.93. The van der Waals surface area contributed by atoms with Crippen molar-refractivity contribution in [3.8, 4) is 6.07 Å². The van der Waals surface area contributed by atoms with Gasteiger partial charge in [-0.2, -0.15) is 5.26 Å². The maximum atomic E-state index is 12.7. The molecule has 0 aliphatic heterocycles. The van der Waals surface area contributed by atoms with Crippen molar-refractivity contribution in [3.05, 3.63) is 95.9 Å². The van der Waals surface area contributed by atoms with Crippen molar-refractivity contribution in [1.29, 1.82) is 5.26 Å². The van der Waals surface area contributed by atoms with E-state index in [1.54, 1.807) is 59.4 Å². The summed E-state index contributed by atoms with van der Waals surface area (Å²) in [6.07, 6.45) is 6.06. The lowest BCUT2D eigenvalue weighted by molar-refractivity contribution is 0.0982. The van der Waals surface area contributed by atoms with Crippen LogP contribution in [0.25, 0.3) is 5.65 Å². The molecule has 0 bridgehead atoms. The van der Waals surface area contributed by atoms with Gasteiger partial charge in [-0.15, -0.1) is 0 Å². The largest absolute Gasteiger partial charge is 0.306 e. The molecule has 0 fully saturated rings. The van der Waals surface area contributed by atoms with Crippen LogP contribution in [0.4, 0.5) is 0 Å². The van der Waals surface area contributed by atoms with Gasteiger partial charge < -0.3 is 4.40 Å². The molecule has 0 aliphatic rings. The maximum absolute atomic E-state index is 12.7. The van der Waals surface area contributed by atoms with Crippen molar-refractivity contribution >= 4 is 21.3 Å². The second-order valence-corrected chi connectivity index (χ2v) is 8.77. The number of carbonyl (C=O) groups excluding carboxylic acids is 1. The number of benzene rings is 2. The van der Waals surface area contributed by atoms with Gasteiger partial charge in [-0.3, -0.25) is 4.79 Å². The van der Waals surface area contributed by atoms with Crippen LogP contribution >= 0.6 is 0 Å². The molecule has 7 heteroatoms. The Morgan fingerprint density at radius 3 is 2.30 bits per heavy atom. The minimum Gasteiger partial charge on any atom is -0.306 e. The number of hydrogen-bond donors (Lipinski definition) is 0. The molecule has 0 unspecified atom stereocenters. The molecular weight excluding hydrogens is 398 g/mol. The summed E-state index contributed by atoms with van der Waals surface area (Å²) in [7, 11) is -3.66. The Labute approximate surface area is 174 Å². The highest BCUT2D eigenvalue weighted by atomic mass is 32.2. The van der Waals surface area contributed by atoms with Crippen molar-refractivity contribution in [2.45, 2.75) is 22.6 Å². The van der Waals surface area contributed by atoms with Gasteiger partial charge in [0, 0.05) is 30.6 Å². The van der Waals surface area contributed by atoms with E-state index in [1.165, 1.54) is 24.3 Å². The third-order valence-corrected chi connectivity index (χ3v) is 6.66. The molecule has 0 radical (unpaired) electrons. The summed E-state index contributed by atoms with van der Waals surface area (Å²) >= 11 is 0. The van der Waals surface area contributed by atoms with Crippen molar-refractivity contribution in [2.24, 2.45) is 0 Å². The Bertz CT molecular complexity index is 1360. The lowest BCUT2D eigenvalue weighted by atomic mass is 10.0. The van der Waals surface area contributed by atoms with E-state index >= 15 is 0 Å². The zero-order valence-corrected chi connectivity index (χ0v) is 16.7. The summed E-state index contributed by atoms with van der Waals surface area (Å²) in [5.74, 6) is 0.0138. The molecule has 148 valence electrons. The number of imidazole rings is 1.